The number of hydrogen-bond acceptors (Lipinski definition) is 5. The molecule has 0 aliphatic carbocycles. The minimum atomic E-state index is 0. The largest absolute Gasteiger partial charge is 0.467 e. The second-order valence-corrected chi connectivity index (χ2v) is 5.51. The molecule has 0 atom stereocenters. The van der Waals surface area contributed by atoms with Gasteiger partial charge in [0.1, 0.15) is 12.3 Å². The van der Waals surface area contributed by atoms with Crippen molar-refractivity contribution in [3.05, 3.63) is 35.9 Å². The van der Waals surface area contributed by atoms with Gasteiger partial charge in [0.15, 0.2) is 11.8 Å². The standard InChI is InChI=1S/C16H25N5O2.HI/c1-4-17-16(19-11-13-7-6-10-22-13)18-9-5-8-14-20-15(12(2)3)21-23-14;/h6-7,10,12H,4-5,8-9,11H2,1-3H3,(H2,17,18,19);1H. The topological polar surface area (TPSA) is 88.5 Å². The number of hydrogen-bond donors (Lipinski definition) is 2. The zero-order valence-electron chi connectivity index (χ0n) is 14.4. The van der Waals surface area contributed by atoms with Gasteiger partial charge >= 0.3 is 0 Å². The van der Waals surface area contributed by atoms with E-state index in [-0.39, 0.29) is 24.0 Å². The smallest absolute Gasteiger partial charge is 0.226 e. The van der Waals surface area contributed by atoms with Crippen LogP contribution in [0.25, 0.3) is 0 Å². The minimum absolute atomic E-state index is 0. The number of nitrogens with one attached hydrogen (secondary N) is 2. The maximum absolute atomic E-state index is 5.28. The van der Waals surface area contributed by atoms with Crippen molar-refractivity contribution in [2.75, 3.05) is 13.1 Å². The fraction of sp³-hybridized carbons (Fsp3) is 0.562. The maximum atomic E-state index is 5.28. The average Bonchev–Trinajstić information content (AvgIpc) is 3.20. The van der Waals surface area contributed by atoms with Gasteiger partial charge in [-0.15, -0.1) is 24.0 Å². The van der Waals surface area contributed by atoms with Crippen molar-refractivity contribution in [2.45, 2.75) is 46.1 Å². The van der Waals surface area contributed by atoms with Crippen LogP contribution in [0.1, 0.15) is 50.6 Å². The summed E-state index contributed by atoms with van der Waals surface area (Å²) in [5, 5.41) is 10.5. The zero-order chi connectivity index (χ0) is 16.5. The van der Waals surface area contributed by atoms with E-state index in [2.05, 4.69) is 25.8 Å². The first-order chi connectivity index (χ1) is 11.2. The summed E-state index contributed by atoms with van der Waals surface area (Å²) >= 11 is 0. The normalized spacial score (nSPS) is 11.4. The Kier molecular flexibility index (Phi) is 9.43. The molecule has 7 nitrogen and oxygen atoms in total. The maximum Gasteiger partial charge on any atom is 0.226 e. The number of aryl methyl sites for hydroxylation is 1. The van der Waals surface area contributed by atoms with Gasteiger partial charge < -0.3 is 19.6 Å². The predicted octanol–water partition coefficient (Wildman–Crippen LogP) is 3.09. The molecule has 0 aliphatic heterocycles. The third kappa shape index (κ3) is 6.90. The third-order valence-corrected chi connectivity index (χ3v) is 3.18. The first-order valence-corrected chi connectivity index (χ1v) is 8.06. The first kappa shape index (κ1) is 20.5. The molecule has 0 amide bonds. The molecule has 2 aromatic heterocycles. The molecule has 2 heterocycles. The molecule has 0 saturated heterocycles. The molecule has 134 valence electrons. The molecule has 8 heteroatoms. The van der Waals surface area contributed by atoms with Crippen molar-refractivity contribution in [3.63, 3.8) is 0 Å². The number of aliphatic imine (C=N–C) groups is 1. The molecule has 0 bridgehead atoms. The van der Waals surface area contributed by atoms with Crippen LogP contribution in [0, 0.1) is 0 Å². The van der Waals surface area contributed by atoms with E-state index in [1.165, 1.54) is 0 Å². The lowest BCUT2D eigenvalue weighted by atomic mass is 10.2. The fourth-order valence-electron chi connectivity index (χ4n) is 1.95. The molecular weight excluding hydrogens is 421 g/mol. The van der Waals surface area contributed by atoms with Gasteiger partial charge in [-0.25, -0.2) is 4.99 Å². The van der Waals surface area contributed by atoms with Crippen molar-refractivity contribution >= 4 is 29.9 Å². The molecule has 0 saturated carbocycles. The predicted molar refractivity (Wildman–Crippen MR) is 104 cm³/mol. The van der Waals surface area contributed by atoms with E-state index in [0.717, 1.165) is 43.5 Å². The highest BCUT2D eigenvalue weighted by Gasteiger charge is 2.09. The van der Waals surface area contributed by atoms with E-state index < -0.39 is 0 Å². The summed E-state index contributed by atoms with van der Waals surface area (Å²) in [6.45, 7) is 8.25. The highest BCUT2D eigenvalue weighted by atomic mass is 127. The number of nitrogens with zero attached hydrogens (tertiary/aromatic N) is 3. The van der Waals surface area contributed by atoms with Gasteiger partial charge in [0, 0.05) is 25.4 Å². The van der Waals surface area contributed by atoms with Gasteiger partial charge in [0.25, 0.3) is 0 Å². The van der Waals surface area contributed by atoms with E-state index in [1.807, 2.05) is 32.9 Å². The summed E-state index contributed by atoms with van der Waals surface area (Å²) < 4.78 is 10.5. The summed E-state index contributed by atoms with van der Waals surface area (Å²) in [5.74, 6) is 3.36. The summed E-state index contributed by atoms with van der Waals surface area (Å²) in [6.07, 6.45) is 3.30. The van der Waals surface area contributed by atoms with Crippen LogP contribution in [0.5, 0.6) is 0 Å². The Labute approximate surface area is 159 Å². The molecule has 2 aromatic rings. The monoisotopic (exact) mass is 447 g/mol. The highest BCUT2D eigenvalue weighted by molar-refractivity contribution is 14.0. The first-order valence-electron chi connectivity index (χ1n) is 8.06. The number of aromatic nitrogens is 2. The van der Waals surface area contributed by atoms with Crippen LogP contribution >= 0.6 is 24.0 Å². The summed E-state index contributed by atoms with van der Waals surface area (Å²) in [7, 11) is 0. The van der Waals surface area contributed by atoms with Crippen molar-refractivity contribution < 1.29 is 8.94 Å². The lowest BCUT2D eigenvalue weighted by Crippen LogP contribution is -2.37. The summed E-state index contributed by atoms with van der Waals surface area (Å²) in [4.78, 5) is 8.85. The molecule has 2 rings (SSSR count). The van der Waals surface area contributed by atoms with E-state index in [1.54, 1.807) is 6.26 Å². The molecule has 0 aliphatic rings. The molecule has 24 heavy (non-hydrogen) atoms. The molecule has 0 unspecified atom stereocenters. The number of halogens is 1. The SMILES string of the molecule is CCNC(=NCc1ccco1)NCCCc1nc(C(C)C)no1.I. The van der Waals surface area contributed by atoms with Gasteiger partial charge in [0.05, 0.1) is 6.26 Å². The van der Waals surface area contributed by atoms with Gasteiger partial charge in [-0.3, -0.25) is 0 Å². The van der Waals surface area contributed by atoms with Crippen LogP contribution in [0.2, 0.25) is 0 Å². The van der Waals surface area contributed by atoms with Gasteiger partial charge in [-0.2, -0.15) is 4.98 Å². The number of rotatable bonds is 8. The van der Waals surface area contributed by atoms with Crippen LogP contribution in [0.3, 0.4) is 0 Å². The quantitative estimate of drug-likeness (QED) is 0.280. The van der Waals surface area contributed by atoms with E-state index in [4.69, 9.17) is 8.94 Å². The Hall–Kier alpha value is -1.58. The van der Waals surface area contributed by atoms with Crippen LogP contribution in [0.15, 0.2) is 32.3 Å². The Balaban J connectivity index is 0.00000288. The molecule has 0 fully saturated rings. The number of furan rings is 1. The van der Waals surface area contributed by atoms with Crippen LogP contribution in [0.4, 0.5) is 0 Å². The van der Waals surface area contributed by atoms with Crippen molar-refractivity contribution in [3.8, 4) is 0 Å². The van der Waals surface area contributed by atoms with Crippen molar-refractivity contribution in [1.82, 2.24) is 20.8 Å². The summed E-state index contributed by atoms with van der Waals surface area (Å²) in [5.41, 5.74) is 0. The molecule has 0 aromatic carbocycles. The Bertz CT molecular complexity index is 595. The molecular formula is C16H26IN5O2. The van der Waals surface area contributed by atoms with E-state index in [9.17, 15) is 0 Å². The molecule has 2 N–H and O–H groups in total. The number of guanidine groups is 1. The fourth-order valence-corrected chi connectivity index (χ4v) is 1.95. The van der Waals surface area contributed by atoms with Crippen LogP contribution in [-0.4, -0.2) is 29.2 Å². The molecule has 0 spiro atoms. The Morgan fingerprint density at radius 2 is 2.17 bits per heavy atom. The third-order valence-electron chi connectivity index (χ3n) is 3.18. The van der Waals surface area contributed by atoms with E-state index in [0.29, 0.717) is 18.4 Å². The second kappa shape index (κ2) is 11.1. The minimum Gasteiger partial charge on any atom is -0.467 e. The lowest BCUT2D eigenvalue weighted by molar-refractivity contribution is 0.368. The molecule has 0 radical (unpaired) electrons. The Morgan fingerprint density at radius 1 is 1.33 bits per heavy atom. The van der Waals surface area contributed by atoms with Crippen molar-refractivity contribution in [1.29, 1.82) is 0 Å². The van der Waals surface area contributed by atoms with E-state index >= 15 is 0 Å². The lowest BCUT2D eigenvalue weighted by Gasteiger charge is -2.10. The average molecular weight is 447 g/mol. The van der Waals surface area contributed by atoms with Crippen LogP contribution < -0.4 is 10.6 Å². The van der Waals surface area contributed by atoms with Gasteiger partial charge in [-0.05, 0) is 25.5 Å². The second-order valence-electron chi connectivity index (χ2n) is 5.51. The highest BCUT2D eigenvalue weighted by Crippen LogP contribution is 2.10. The van der Waals surface area contributed by atoms with Crippen molar-refractivity contribution in [2.24, 2.45) is 4.99 Å². The zero-order valence-corrected chi connectivity index (χ0v) is 16.7. The van der Waals surface area contributed by atoms with Crippen LogP contribution in [-0.2, 0) is 13.0 Å². The Morgan fingerprint density at radius 3 is 2.79 bits per heavy atom. The van der Waals surface area contributed by atoms with Gasteiger partial charge in [-0.1, -0.05) is 19.0 Å². The van der Waals surface area contributed by atoms with Gasteiger partial charge in [0.2, 0.25) is 5.89 Å². The summed E-state index contributed by atoms with van der Waals surface area (Å²) in [6, 6.07) is 3.77.